The van der Waals surface area contributed by atoms with E-state index in [0.29, 0.717) is 40.1 Å². The average Bonchev–Trinajstić information content (AvgIpc) is 2.52. The minimum Gasteiger partial charge on any atom is -0.493 e. The Morgan fingerprint density at radius 3 is 2.21 bits per heavy atom. The molecule has 0 fully saturated rings. The van der Waals surface area contributed by atoms with Gasteiger partial charge in [-0.15, -0.1) is 0 Å². The van der Waals surface area contributed by atoms with Crippen molar-refractivity contribution in [2.45, 2.75) is 12.8 Å². The zero-order chi connectivity index (χ0) is 17.7. The lowest BCUT2D eigenvalue weighted by Crippen LogP contribution is -2.12. The molecule has 24 heavy (non-hydrogen) atoms. The van der Waals surface area contributed by atoms with Gasteiger partial charge in [-0.05, 0) is 42.3 Å². The van der Waals surface area contributed by atoms with E-state index < -0.39 is 0 Å². The van der Waals surface area contributed by atoms with Gasteiger partial charge in [-0.2, -0.15) is 0 Å². The highest BCUT2D eigenvalue weighted by molar-refractivity contribution is 9.10. The standard InChI is InChI=1S/C17H16BrCl2NO3/c1-23-15-5-10(14(18)9-16(15)24-2)3-4-17(22)21-13-7-11(19)6-12(20)8-13/h5-9H,3-4H2,1-2H3,(H,21,22). The van der Waals surface area contributed by atoms with Crippen LogP contribution in [0, 0.1) is 0 Å². The average molecular weight is 433 g/mol. The molecule has 0 aliphatic carbocycles. The Labute approximate surface area is 159 Å². The number of aryl methyl sites for hydroxylation is 1. The van der Waals surface area contributed by atoms with Crippen LogP contribution in [0.3, 0.4) is 0 Å². The van der Waals surface area contributed by atoms with Crippen molar-refractivity contribution < 1.29 is 14.3 Å². The summed E-state index contributed by atoms with van der Waals surface area (Å²) in [6.45, 7) is 0. The molecule has 2 rings (SSSR count). The van der Waals surface area contributed by atoms with Gasteiger partial charge in [0.2, 0.25) is 5.91 Å². The number of ether oxygens (including phenoxy) is 2. The monoisotopic (exact) mass is 431 g/mol. The SMILES string of the molecule is COc1cc(Br)c(CCC(=O)Nc2cc(Cl)cc(Cl)c2)cc1OC. The van der Waals surface area contributed by atoms with Gasteiger partial charge in [0.05, 0.1) is 14.2 Å². The molecule has 0 unspecified atom stereocenters. The molecule has 0 heterocycles. The number of halogens is 3. The van der Waals surface area contributed by atoms with Crippen LogP contribution in [0.25, 0.3) is 0 Å². The fourth-order valence-corrected chi connectivity index (χ4v) is 3.23. The summed E-state index contributed by atoms with van der Waals surface area (Å²) >= 11 is 15.3. The fourth-order valence-electron chi connectivity index (χ4n) is 2.19. The second kappa shape index (κ2) is 8.60. The van der Waals surface area contributed by atoms with Gasteiger partial charge < -0.3 is 14.8 Å². The number of benzene rings is 2. The minimum atomic E-state index is -0.130. The predicted octanol–water partition coefficient (Wildman–Crippen LogP) is 5.34. The molecule has 0 radical (unpaired) electrons. The van der Waals surface area contributed by atoms with Crippen molar-refractivity contribution in [3.05, 3.63) is 50.4 Å². The molecule has 0 saturated heterocycles. The Bertz CT molecular complexity index is 733. The molecule has 0 bridgehead atoms. The number of hydrogen-bond donors (Lipinski definition) is 1. The summed E-state index contributed by atoms with van der Waals surface area (Å²) in [5, 5.41) is 3.73. The van der Waals surface area contributed by atoms with Gasteiger partial charge in [0, 0.05) is 26.6 Å². The second-order valence-electron chi connectivity index (χ2n) is 5.00. The Hall–Kier alpha value is -1.43. The van der Waals surface area contributed by atoms with E-state index in [-0.39, 0.29) is 5.91 Å². The Kier molecular flexibility index (Phi) is 6.78. The molecule has 2 aromatic rings. The zero-order valence-corrected chi connectivity index (χ0v) is 16.3. The molecular formula is C17H16BrCl2NO3. The Balaban J connectivity index is 2.03. The molecule has 2 aromatic carbocycles. The maximum atomic E-state index is 12.1. The van der Waals surface area contributed by atoms with Gasteiger partial charge in [-0.1, -0.05) is 39.1 Å². The third kappa shape index (κ3) is 5.03. The van der Waals surface area contributed by atoms with Crippen molar-refractivity contribution in [1.29, 1.82) is 0 Å². The summed E-state index contributed by atoms with van der Waals surface area (Å²) in [7, 11) is 3.15. The van der Waals surface area contributed by atoms with Gasteiger partial charge >= 0.3 is 0 Å². The third-order valence-electron chi connectivity index (χ3n) is 3.32. The molecule has 0 spiro atoms. The van der Waals surface area contributed by atoms with E-state index >= 15 is 0 Å². The number of hydrogen-bond acceptors (Lipinski definition) is 3. The van der Waals surface area contributed by atoms with Gasteiger partial charge in [0.25, 0.3) is 0 Å². The van der Waals surface area contributed by atoms with Crippen LogP contribution >= 0.6 is 39.1 Å². The number of carbonyl (C=O) groups excluding carboxylic acids is 1. The smallest absolute Gasteiger partial charge is 0.224 e. The number of methoxy groups -OCH3 is 2. The molecule has 0 aliphatic heterocycles. The fraction of sp³-hybridized carbons (Fsp3) is 0.235. The molecule has 128 valence electrons. The van der Waals surface area contributed by atoms with Crippen LogP contribution in [-0.2, 0) is 11.2 Å². The summed E-state index contributed by atoms with van der Waals surface area (Å²) in [6.07, 6.45) is 0.847. The molecular weight excluding hydrogens is 417 g/mol. The van der Waals surface area contributed by atoms with Gasteiger partial charge in [0.15, 0.2) is 11.5 Å². The first-order chi connectivity index (χ1) is 11.4. The Morgan fingerprint density at radius 2 is 1.62 bits per heavy atom. The lowest BCUT2D eigenvalue weighted by molar-refractivity contribution is -0.116. The molecule has 1 amide bonds. The normalized spacial score (nSPS) is 10.4. The van der Waals surface area contributed by atoms with E-state index in [1.165, 1.54) is 0 Å². The first-order valence-corrected chi connectivity index (χ1v) is 8.64. The molecule has 0 aromatic heterocycles. The van der Waals surface area contributed by atoms with Crippen molar-refractivity contribution in [3.63, 3.8) is 0 Å². The lowest BCUT2D eigenvalue weighted by Gasteiger charge is -2.12. The molecule has 4 nitrogen and oxygen atoms in total. The highest BCUT2D eigenvalue weighted by Gasteiger charge is 2.11. The van der Waals surface area contributed by atoms with Crippen LogP contribution in [-0.4, -0.2) is 20.1 Å². The van der Waals surface area contributed by atoms with E-state index in [1.54, 1.807) is 32.4 Å². The quantitative estimate of drug-likeness (QED) is 0.669. The topological polar surface area (TPSA) is 47.6 Å². The third-order valence-corrected chi connectivity index (χ3v) is 4.49. The maximum Gasteiger partial charge on any atom is 0.224 e. The summed E-state index contributed by atoms with van der Waals surface area (Å²) in [5.41, 5.74) is 1.52. The summed E-state index contributed by atoms with van der Waals surface area (Å²) < 4.78 is 11.4. The molecule has 0 aliphatic rings. The largest absolute Gasteiger partial charge is 0.493 e. The number of rotatable bonds is 6. The number of amides is 1. The van der Waals surface area contributed by atoms with Crippen LogP contribution < -0.4 is 14.8 Å². The lowest BCUT2D eigenvalue weighted by atomic mass is 10.1. The van der Waals surface area contributed by atoms with Crippen LogP contribution in [0.1, 0.15) is 12.0 Å². The van der Waals surface area contributed by atoms with Crippen LogP contribution in [0.15, 0.2) is 34.8 Å². The van der Waals surface area contributed by atoms with E-state index in [0.717, 1.165) is 10.0 Å². The van der Waals surface area contributed by atoms with Crippen molar-refractivity contribution in [3.8, 4) is 11.5 Å². The minimum absolute atomic E-state index is 0.130. The zero-order valence-electron chi connectivity index (χ0n) is 13.2. The summed E-state index contributed by atoms with van der Waals surface area (Å²) in [6, 6.07) is 8.59. The van der Waals surface area contributed by atoms with Crippen LogP contribution in [0.4, 0.5) is 5.69 Å². The molecule has 1 N–H and O–H groups in total. The molecule has 0 saturated carbocycles. The van der Waals surface area contributed by atoms with E-state index in [4.69, 9.17) is 32.7 Å². The first kappa shape index (κ1) is 18.9. The molecule has 7 heteroatoms. The van der Waals surface area contributed by atoms with Gasteiger partial charge in [0.1, 0.15) is 0 Å². The summed E-state index contributed by atoms with van der Waals surface area (Å²) in [5.74, 6) is 1.12. The van der Waals surface area contributed by atoms with Gasteiger partial charge in [-0.25, -0.2) is 0 Å². The maximum absolute atomic E-state index is 12.1. The summed E-state index contributed by atoms with van der Waals surface area (Å²) in [4.78, 5) is 12.1. The number of anilines is 1. The van der Waals surface area contributed by atoms with E-state index in [1.807, 2.05) is 12.1 Å². The van der Waals surface area contributed by atoms with Crippen molar-refractivity contribution >= 4 is 50.7 Å². The van der Waals surface area contributed by atoms with Crippen LogP contribution in [0.2, 0.25) is 10.0 Å². The second-order valence-corrected chi connectivity index (χ2v) is 6.73. The van der Waals surface area contributed by atoms with Gasteiger partial charge in [-0.3, -0.25) is 4.79 Å². The van der Waals surface area contributed by atoms with E-state index in [9.17, 15) is 4.79 Å². The first-order valence-electron chi connectivity index (χ1n) is 7.09. The van der Waals surface area contributed by atoms with Crippen molar-refractivity contribution in [2.75, 3.05) is 19.5 Å². The Morgan fingerprint density at radius 1 is 1.04 bits per heavy atom. The number of carbonyl (C=O) groups is 1. The predicted molar refractivity (Wildman–Crippen MR) is 101 cm³/mol. The van der Waals surface area contributed by atoms with Crippen LogP contribution in [0.5, 0.6) is 11.5 Å². The van der Waals surface area contributed by atoms with E-state index in [2.05, 4.69) is 21.2 Å². The number of nitrogens with one attached hydrogen (secondary N) is 1. The van der Waals surface area contributed by atoms with Crippen molar-refractivity contribution in [2.24, 2.45) is 0 Å². The van der Waals surface area contributed by atoms with Crippen molar-refractivity contribution in [1.82, 2.24) is 0 Å². The highest BCUT2D eigenvalue weighted by atomic mass is 79.9. The molecule has 0 atom stereocenters. The highest BCUT2D eigenvalue weighted by Crippen LogP contribution is 2.33.